The zero-order valence-corrected chi connectivity index (χ0v) is 3.90. The maximum absolute atomic E-state index is 10.9. The van der Waals surface area contributed by atoms with E-state index in [1.807, 2.05) is 0 Å². The molecule has 0 bridgehead atoms. The Morgan fingerprint density at radius 1 is 1.25 bits per heavy atom. The summed E-state index contributed by atoms with van der Waals surface area (Å²) in [6.07, 6.45) is -5.30. The summed E-state index contributed by atoms with van der Waals surface area (Å²) >= 11 is 0. The van der Waals surface area contributed by atoms with E-state index in [9.17, 15) is 13.2 Å². The van der Waals surface area contributed by atoms with E-state index in [0.29, 0.717) is 0 Å². The minimum absolute atomic E-state index is 0. The van der Waals surface area contributed by atoms with Crippen LogP contribution in [0, 0.1) is 0 Å². The molecule has 0 amide bonds. The molecular weight excluding hydrogens is 128 g/mol. The SMILES string of the molecule is F.OCCC(F)(F)F. The van der Waals surface area contributed by atoms with Gasteiger partial charge in [0.2, 0.25) is 0 Å². The fourth-order valence-corrected chi connectivity index (χ4v) is 0.127. The number of hydrogen-bond acceptors (Lipinski definition) is 1. The molecule has 0 radical (unpaired) electrons. The Morgan fingerprint density at radius 3 is 1.62 bits per heavy atom. The molecular formula is C3H6F4O. The molecule has 0 spiro atoms. The Bertz CT molecular complexity index is 49.7. The molecule has 1 N–H and O–H groups in total. The van der Waals surface area contributed by atoms with Crippen molar-refractivity contribution in [3.05, 3.63) is 0 Å². The molecule has 5 heteroatoms. The first kappa shape index (κ1) is 10.6. The van der Waals surface area contributed by atoms with Gasteiger partial charge in [-0.15, -0.1) is 0 Å². The minimum Gasteiger partial charge on any atom is -0.396 e. The van der Waals surface area contributed by atoms with Crippen LogP contribution in [-0.2, 0) is 0 Å². The van der Waals surface area contributed by atoms with Gasteiger partial charge >= 0.3 is 6.18 Å². The molecule has 0 atom stereocenters. The van der Waals surface area contributed by atoms with Crippen LogP contribution >= 0.6 is 0 Å². The Balaban J connectivity index is 0. The highest BCUT2D eigenvalue weighted by molar-refractivity contribution is 4.44. The lowest BCUT2D eigenvalue weighted by atomic mass is 10.5. The first-order valence-electron chi connectivity index (χ1n) is 1.74. The Kier molecular flexibility index (Phi) is 4.85. The lowest BCUT2D eigenvalue weighted by Gasteiger charge is -1.99. The second kappa shape index (κ2) is 3.65. The first-order chi connectivity index (χ1) is 3.06. The van der Waals surface area contributed by atoms with Gasteiger partial charge in [0.15, 0.2) is 0 Å². The van der Waals surface area contributed by atoms with E-state index in [1.54, 1.807) is 0 Å². The van der Waals surface area contributed by atoms with Crippen LogP contribution in [0.3, 0.4) is 0 Å². The number of hydrogen-bond donors (Lipinski definition) is 1. The minimum atomic E-state index is -4.20. The third-order valence-electron chi connectivity index (χ3n) is 0.395. The van der Waals surface area contributed by atoms with E-state index in [0.717, 1.165) is 0 Å². The van der Waals surface area contributed by atoms with E-state index >= 15 is 0 Å². The second-order valence-corrected chi connectivity index (χ2v) is 1.09. The van der Waals surface area contributed by atoms with Gasteiger partial charge in [-0.25, -0.2) is 0 Å². The van der Waals surface area contributed by atoms with E-state index in [1.165, 1.54) is 0 Å². The third-order valence-corrected chi connectivity index (χ3v) is 0.395. The zero-order chi connectivity index (χ0) is 5.91. The van der Waals surface area contributed by atoms with Gasteiger partial charge in [0.05, 0.1) is 13.0 Å². The lowest BCUT2D eigenvalue weighted by Crippen LogP contribution is -2.08. The zero-order valence-electron chi connectivity index (χ0n) is 3.90. The van der Waals surface area contributed by atoms with Crippen molar-refractivity contribution in [2.45, 2.75) is 12.6 Å². The number of halogens is 4. The van der Waals surface area contributed by atoms with E-state index in [2.05, 4.69) is 0 Å². The van der Waals surface area contributed by atoms with Crippen LogP contribution < -0.4 is 0 Å². The predicted molar refractivity (Wildman–Crippen MR) is 20.3 cm³/mol. The predicted octanol–water partition coefficient (Wildman–Crippen LogP) is 1.08. The topological polar surface area (TPSA) is 20.2 Å². The smallest absolute Gasteiger partial charge is 0.391 e. The Labute approximate surface area is 43.5 Å². The number of alkyl halides is 3. The van der Waals surface area contributed by atoms with Gasteiger partial charge in [-0.1, -0.05) is 0 Å². The van der Waals surface area contributed by atoms with Gasteiger partial charge in [-0.3, -0.25) is 4.70 Å². The van der Waals surface area contributed by atoms with Crippen LogP contribution in [-0.4, -0.2) is 17.9 Å². The summed E-state index contributed by atoms with van der Waals surface area (Å²) < 4.78 is 32.7. The highest BCUT2D eigenvalue weighted by Gasteiger charge is 2.25. The van der Waals surface area contributed by atoms with Gasteiger partial charge in [-0.05, 0) is 0 Å². The highest BCUT2D eigenvalue weighted by Crippen LogP contribution is 2.17. The van der Waals surface area contributed by atoms with Crippen LogP contribution in [0.5, 0.6) is 0 Å². The Morgan fingerprint density at radius 2 is 1.62 bits per heavy atom. The maximum atomic E-state index is 10.9. The van der Waals surface area contributed by atoms with Crippen molar-refractivity contribution in [2.24, 2.45) is 0 Å². The first-order valence-corrected chi connectivity index (χ1v) is 1.74. The molecule has 0 aromatic carbocycles. The Hall–Kier alpha value is -0.320. The largest absolute Gasteiger partial charge is 0.396 e. The van der Waals surface area contributed by atoms with Crippen LogP contribution in [0.1, 0.15) is 6.42 Å². The van der Waals surface area contributed by atoms with Gasteiger partial charge in [-0.2, -0.15) is 13.2 Å². The molecule has 0 saturated carbocycles. The molecule has 0 fully saturated rings. The maximum Gasteiger partial charge on any atom is 0.391 e. The van der Waals surface area contributed by atoms with Crippen molar-refractivity contribution < 1.29 is 23.0 Å². The molecule has 8 heavy (non-hydrogen) atoms. The fourth-order valence-electron chi connectivity index (χ4n) is 0.127. The number of aliphatic hydroxyl groups is 1. The van der Waals surface area contributed by atoms with Crippen molar-refractivity contribution in [1.82, 2.24) is 0 Å². The molecule has 0 aliphatic carbocycles. The summed E-state index contributed by atoms with van der Waals surface area (Å²) in [4.78, 5) is 0. The van der Waals surface area contributed by atoms with E-state index in [-0.39, 0.29) is 4.70 Å². The van der Waals surface area contributed by atoms with Gasteiger partial charge in [0, 0.05) is 0 Å². The normalized spacial score (nSPS) is 10.5. The average Bonchev–Trinajstić information content (AvgIpc) is 1.30. The van der Waals surface area contributed by atoms with Crippen LogP contribution in [0.15, 0.2) is 0 Å². The molecule has 0 aliphatic heterocycles. The second-order valence-electron chi connectivity index (χ2n) is 1.09. The summed E-state index contributed by atoms with van der Waals surface area (Å²) in [6, 6.07) is 0. The summed E-state index contributed by atoms with van der Waals surface area (Å²) in [5.41, 5.74) is 0. The molecule has 0 unspecified atom stereocenters. The van der Waals surface area contributed by atoms with Crippen LogP contribution in [0.2, 0.25) is 0 Å². The molecule has 0 saturated heterocycles. The summed E-state index contributed by atoms with van der Waals surface area (Å²) in [6.45, 7) is -0.816. The van der Waals surface area contributed by atoms with Crippen LogP contribution in [0.25, 0.3) is 0 Å². The van der Waals surface area contributed by atoms with Crippen molar-refractivity contribution in [3.63, 3.8) is 0 Å². The van der Waals surface area contributed by atoms with Crippen LogP contribution in [0.4, 0.5) is 17.9 Å². The van der Waals surface area contributed by atoms with Gasteiger partial charge < -0.3 is 5.11 Å². The van der Waals surface area contributed by atoms with E-state index in [4.69, 9.17) is 5.11 Å². The average molecular weight is 134 g/mol. The molecule has 1 nitrogen and oxygen atoms in total. The molecule has 0 heterocycles. The standard InChI is InChI=1S/C3H5F3O.FH/c4-3(5,6)1-2-7;/h7H,1-2H2;1H. The molecule has 0 aromatic rings. The van der Waals surface area contributed by atoms with E-state index < -0.39 is 19.2 Å². The van der Waals surface area contributed by atoms with Crippen molar-refractivity contribution in [3.8, 4) is 0 Å². The van der Waals surface area contributed by atoms with Gasteiger partial charge in [0.25, 0.3) is 0 Å². The van der Waals surface area contributed by atoms with Crippen molar-refractivity contribution in [2.75, 3.05) is 6.61 Å². The summed E-state index contributed by atoms with van der Waals surface area (Å²) in [5.74, 6) is 0. The van der Waals surface area contributed by atoms with Crippen molar-refractivity contribution >= 4 is 0 Å². The number of aliphatic hydroxyl groups excluding tert-OH is 1. The highest BCUT2D eigenvalue weighted by atomic mass is 19.4. The summed E-state index contributed by atoms with van der Waals surface area (Å²) in [7, 11) is 0. The quantitative estimate of drug-likeness (QED) is 0.532. The molecule has 0 aliphatic rings. The monoisotopic (exact) mass is 134 g/mol. The molecule has 0 rings (SSSR count). The van der Waals surface area contributed by atoms with Gasteiger partial charge in [0.1, 0.15) is 0 Å². The number of rotatable bonds is 1. The molecule has 52 valence electrons. The van der Waals surface area contributed by atoms with Crippen molar-refractivity contribution in [1.29, 1.82) is 0 Å². The molecule has 0 aromatic heterocycles. The third kappa shape index (κ3) is 9.19. The summed E-state index contributed by atoms with van der Waals surface area (Å²) in [5, 5.41) is 7.68. The fraction of sp³-hybridized carbons (Fsp3) is 1.00. The lowest BCUT2D eigenvalue weighted by molar-refractivity contribution is -0.141.